The minimum absolute atomic E-state index is 0.259. The molecule has 4 heteroatoms. The maximum atomic E-state index is 11.9. The number of hydrogen-bond donors (Lipinski definition) is 1. The number of hydrogen-bond acceptors (Lipinski definition) is 3. The van der Waals surface area contributed by atoms with Gasteiger partial charge >= 0.3 is 0 Å². The molecule has 0 fully saturated rings. The Morgan fingerprint density at radius 2 is 1.95 bits per heavy atom. The molecule has 0 atom stereocenters. The quantitative estimate of drug-likeness (QED) is 0.676. The second kappa shape index (κ2) is 7.33. The van der Waals surface area contributed by atoms with Gasteiger partial charge in [-0.2, -0.15) is 5.10 Å². The molecule has 1 aromatic carbocycles. The van der Waals surface area contributed by atoms with Crippen LogP contribution in [0.15, 0.2) is 53.9 Å². The zero-order chi connectivity index (χ0) is 15.1. The van der Waals surface area contributed by atoms with E-state index < -0.39 is 0 Å². The van der Waals surface area contributed by atoms with Crippen molar-refractivity contribution in [3.63, 3.8) is 0 Å². The fourth-order valence-corrected chi connectivity index (χ4v) is 1.96. The van der Waals surface area contributed by atoms with Crippen LogP contribution in [0.3, 0.4) is 0 Å². The zero-order valence-electron chi connectivity index (χ0n) is 12.3. The van der Waals surface area contributed by atoms with Gasteiger partial charge in [-0.3, -0.25) is 9.78 Å². The molecule has 0 unspecified atom stereocenters. The Morgan fingerprint density at radius 3 is 2.57 bits per heavy atom. The van der Waals surface area contributed by atoms with Crippen molar-refractivity contribution in [2.75, 3.05) is 0 Å². The highest BCUT2D eigenvalue weighted by Crippen LogP contribution is 2.07. The third-order valence-corrected chi connectivity index (χ3v) is 3.16. The second-order valence-corrected chi connectivity index (χ2v) is 4.83. The Morgan fingerprint density at radius 1 is 1.19 bits per heavy atom. The molecule has 1 amide bonds. The summed E-state index contributed by atoms with van der Waals surface area (Å²) in [5, 5.41) is 4.14. The molecule has 0 radical (unpaired) electrons. The summed E-state index contributed by atoms with van der Waals surface area (Å²) in [6, 6.07) is 11.7. The van der Waals surface area contributed by atoms with Crippen molar-refractivity contribution in [1.82, 2.24) is 10.4 Å². The van der Waals surface area contributed by atoms with Gasteiger partial charge in [-0.25, -0.2) is 5.43 Å². The highest BCUT2D eigenvalue weighted by molar-refractivity contribution is 6.00. The van der Waals surface area contributed by atoms with Crippen molar-refractivity contribution in [2.24, 2.45) is 5.10 Å². The largest absolute Gasteiger partial charge is 0.272 e. The highest BCUT2D eigenvalue weighted by atomic mass is 16.2. The molecule has 0 aliphatic rings. The van der Waals surface area contributed by atoms with Crippen molar-refractivity contribution in [3.05, 3.63) is 65.5 Å². The fourth-order valence-electron chi connectivity index (χ4n) is 1.96. The molecule has 0 aliphatic carbocycles. The van der Waals surface area contributed by atoms with Crippen LogP contribution in [0, 0.1) is 0 Å². The number of benzene rings is 1. The van der Waals surface area contributed by atoms with Gasteiger partial charge in [-0.1, -0.05) is 37.6 Å². The van der Waals surface area contributed by atoms with Crippen LogP contribution in [0.25, 0.3) is 0 Å². The summed E-state index contributed by atoms with van der Waals surface area (Å²) in [5.41, 5.74) is 6.13. The van der Waals surface area contributed by atoms with E-state index in [-0.39, 0.29) is 5.91 Å². The molecular formula is C17H19N3O. The normalized spacial score (nSPS) is 11.2. The fraction of sp³-hybridized carbons (Fsp3) is 0.235. The molecule has 0 spiro atoms. The van der Waals surface area contributed by atoms with Gasteiger partial charge in [0.05, 0.1) is 11.3 Å². The second-order valence-electron chi connectivity index (χ2n) is 4.83. The lowest BCUT2D eigenvalue weighted by molar-refractivity contribution is 0.0954. The third kappa shape index (κ3) is 4.24. The summed E-state index contributed by atoms with van der Waals surface area (Å²) in [7, 11) is 0. The number of hydrazone groups is 1. The van der Waals surface area contributed by atoms with E-state index in [1.54, 1.807) is 18.3 Å². The van der Waals surface area contributed by atoms with Crippen LogP contribution in [0.1, 0.15) is 41.8 Å². The van der Waals surface area contributed by atoms with Crippen LogP contribution in [0.2, 0.25) is 0 Å². The lowest BCUT2D eigenvalue weighted by Crippen LogP contribution is -2.19. The standard InChI is InChI=1S/C17H19N3O/c1-3-5-14-7-9-15(10-8-14)13(2)19-20-17(21)16-6-4-11-18-12-16/h4,6-12H,3,5H2,1-2H3,(H,20,21)/b19-13-. The number of nitrogens with one attached hydrogen (secondary N) is 1. The monoisotopic (exact) mass is 281 g/mol. The third-order valence-electron chi connectivity index (χ3n) is 3.16. The van der Waals surface area contributed by atoms with Crippen LogP contribution in [0.5, 0.6) is 0 Å². The lowest BCUT2D eigenvalue weighted by Gasteiger charge is -2.04. The van der Waals surface area contributed by atoms with Crippen molar-refractivity contribution in [1.29, 1.82) is 0 Å². The van der Waals surface area contributed by atoms with E-state index in [1.165, 1.54) is 11.8 Å². The van der Waals surface area contributed by atoms with E-state index in [0.29, 0.717) is 5.56 Å². The molecule has 108 valence electrons. The van der Waals surface area contributed by atoms with E-state index in [1.807, 2.05) is 19.1 Å². The first-order chi connectivity index (χ1) is 10.2. The van der Waals surface area contributed by atoms with Crippen LogP contribution < -0.4 is 5.43 Å². The number of carbonyl (C=O) groups excluding carboxylic acids is 1. The minimum Gasteiger partial charge on any atom is -0.267 e. The molecule has 0 aliphatic heterocycles. The first-order valence-electron chi connectivity index (χ1n) is 7.04. The molecule has 0 saturated carbocycles. The highest BCUT2D eigenvalue weighted by Gasteiger charge is 2.04. The predicted octanol–water partition coefficient (Wildman–Crippen LogP) is 3.19. The van der Waals surface area contributed by atoms with Crippen molar-refractivity contribution in [3.8, 4) is 0 Å². The van der Waals surface area contributed by atoms with E-state index in [4.69, 9.17) is 0 Å². The Bertz CT molecular complexity index is 618. The van der Waals surface area contributed by atoms with Crippen molar-refractivity contribution in [2.45, 2.75) is 26.7 Å². The number of pyridine rings is 1. The maximum Gasteiger partial charge on any atom is 0.272 e. The van der Waals surface area contributed by atoms with Gasteiger partial charge < -0.3 is 0 Å². The molecule has 0 bridgehead atoms. The molecule has 2 rings (SSSR count). The molecule has 1 N–H and O–H groups in total. The molecule has 21 heavy (non-hydrogen) atoms. The number of nitrogens with zero attached hydrogens (tertiary/aromatic N) is 2. The summed E-state index contributed by atoms with van der Waals surface area (Å²) in [4.78, 5) is 15.8. The Labute approximate surface area is 124 Å². The smallest absolute Gasteiger partial charge is 0.267 e. The van der Waals surface area contributed by atoms with Crippen LogP contribution in [0.4, 0.5) is 0 Å². The summed E-state index contributed by atoms with van der Waals surface area (Å²) in [6.45, 7) is 4.03. The topological polar surface area (TPSA) is 54.4 Å². The summed E-state index contributed by atoms with van der Waals surface area (Å²) in [6.07, 6.45) is 5.35. The van der Waals surface area contributed by atoms with Crippen LogP contribution in [-0.2, 0) is 6.42 Å². The Kier molecular flexibility index (Phi) is 5.21. The summed E-state index contributed by atoms with van der Waals surface area (Å²) in [5.74, 6) is -0.259. The molecular weight excluding hydrogens is 262 g/mol. The van der Waals surface area contributed by atoms with Gasteiger partial charge in [0.15, 0.2) is 0 Å². The van der Waals surface area contributed by atoms with Gasteiger partial charge in [0.1, 0.15) is 0 Å². The number of carbonyl (C=O) groups is 1. The molecule has 0 saturated heterocycles. The SMILES string of the molecule is CCCc1ccc(/C(C)=N\NC(=O)c2cccnc2)cc1. The maximum absolute atomic E-state index is 11.9. The van der Waals surface area contributed by atoms with Crippen molar-refractivity contribution >= 4 is 11.6 Å². The number of amides is 1. The van der Waals surface area contributed by atoms with Gasteiger partial charge in [0.25, 0.3) is 5.91 Å². The lowest BCUT2D eigenvalue weighted by atomic mass is 10.1. The number of aryl methyl sites for hydroxylation is 1. The van der Waals surface area contributed by atoms with E-state index in [2.05, 4.69) is 34.6 Å². The first-order valence-corrected chi connectivity index (χ1v) is 7.04. The van der Waals surface area contributed by atoms with Gasteiger partial charge in [0, 0.05) is 12.4 Å². The average Bonchev–Trinajstić information content (AvgIpc) is 2.54. The Hall–Kier alpha value is -2.49. The van der Waals surface area contributed by atoms with Crippen LogP contribution in [-0.4, -0.2) is 16.6 Å². The van der Waals surface area contributed by atoms with Crippen molar-refractivity contribution < 1.29 is 4.79 Å². The van der Waals surface area contributed by atoms with Crippen LogP contribution >= 0.6 is 0 Å². The van der Waals surface area contributed by atoms with Gasteiger partial charge in [0.2, 0.25) is 0 Å². The molecule has 1 heterocycles. The van der Waals surface area contributed by atoms with Gasteiger partial charge in [-0.15, -0.1) is 0 Å². The van der Waals surface area contributed by atoms with E-state index >= 15 is 0 Å². The minimum atomic E-state index is -0.259. The molecule has 2 aromatic rings. The zero-order valence-corrected chi connectivity index (χ0v) is 12.3. The molecule has 4 nitrogen and oxygen atoms in total. The van der Waals surface area contributed by atoms with E-state index in [9.17, 15) is 4.79 Å². The number of rotatable bonds is 5. The van der Waals surface area contributed by atoms with Gasteiger partial charge in [-0.05, 0) is 36.6 Å². The first kappa shape index (κ1) is 14.9. The average molecular weight is 281 g/mol. The Balaban J connectivity index is 2.02. The van der Waals surface area contributed by atoms with E-state index in [0.717, 1.165) is 24.1 Å². The molecule has 1 aromatic heterocycles. The summed E-state index contributed by atoms with van der Waals surface area (Å²) >= 11 is 0. The number of aromatic nitrogens is 1. The predicted molar refractivity (Wildman–Crippen MR) is 84.4 cm³/mol. The summed E-state index contributed by atoms with van der Waals surface area (Å²) < 4.78 is 0.